The van der Waals surface area contributed by atoms with Crippen molar-refractivity contribution in [3.8, 4) is 0 Å². The Morgan fingerprint density at radius 3 is 2.58 bits per heavy atom. The van der Waals surface area contributed by atoms with Gasteiger partial charge in [0.15, 0.2) is 5.36 Å². The monoisotopic (exact) mass is 317 g/mol. The molecule has 2 heterocycles. The largest absolute Gasteiger partial charge is 0.456 e. The minimum atomic E-state index is 0.914. The SMILES string of the molecule is CC=c1oc2cccc3c4ccc(=[NH+]C)cc4n(C)c(c1=CC)c23. The summed E-state index contributed by atoms with van der Waals surface area (Å²) in [5, 5.41) is 5.90. The minimum Gasteiger partial charge on any atom is -0.456 e. The van der Waals surface area contributed by atoms with Gasteiger partial charge in [-0.2, -0.15) is 0 Å². The van der Waals surface area contributed by atoms with Crippen LogP contribution in [0.4, 0.5) is 0 Å². The molecule has 0 atom stereocenters. The van der Waals surface area contributed by atoms with Gasteiger partial charge in [0.1, 0.15) is 18.0 Å². The van der Waals surface area contributed by atoms with Crippen LogP contribution in [0.15, 0.2) is 40.8 Å². The van der Waals surface area contributed by atoms with Crippen LogP contribution in [0.2, 0.25) is 0 Å². The topological polar surface area (TPSA) is 32.0 Å². The van der Waals surface area contributed by atoms with Gasteiger partial charge in [-0.25, -0.2) is 4.99 Å². The fourth-order valence-electron chi connectivity index (χ4n) is 3.66. The van der Waals surface area contributed by atoms with Crippen LogP contribution in [0.1, 0.15) is 13.8 Å². The number of nitrogens with one attached hydrogen (secondary N) is 1. The van der Waals surface area contributed by atoms with E-state index < -0.39 is 0 Å². The molecule has 0 bridgehead atoms. The molecule has 120 valence electrons. The lowest BCUT2D eigenvalue weighted by Gasteiger charge is -2.15. The van der Waals surface area contributed by atoms with Gasteiger partial charge in [-0.1, -0.05) is 18.2 Å². The number of aromatic nitrogens is 1. The van der Waals surface area contributed by atoms with Crippen molar-refractivity contribution in [1.29, 1.82) is 0 Å². The van der Waals surface area contributed by atoms with Crippen LogP contribution >= 0.6 is 0 Å². The van der Waals surface area contributed by atoms with Crippen molar-refractivity contribution in [2.75, 3.05) is 7.05 Å². The zero-order valence-electron chi connectivity index (χ0n) is 14.5. The Balaban J connectivity index is 2.49. The lowest BCUT2D eigenvalue weighted by atomic mass is 10.0. The molecule has 0 unspecified atom stereocenters. The zero-order chi connectivity index (χ0) is 16.8. The van der Waals surface area contributed by atoms with E-state index in [0.29, 0.717) is 0 Å². The van der Waals surface area contributed by atoms with E-state index >= 15 is 0 Å². The first-order valence-corrected chi connectivity index (χ1v) is 8.27. The third-order valence-electron chi connectivity index (χ3n) is 4.83. The maximum absolute atomic E-state index is 6.17. The summed E-state index contributed by atoms with van der Waals surface area (Å²) in [5.74, 6) is 0. The summed E-state index contributed by atoms with van der Waals surface area (Å²) in [6.45, 7) is 4.08. The first-order valence-electron chi connectivity index (χ1n) is 8.27. The van der Waals surface area contributed by atoms with E-state index in [0.717, 1.165) is 21.6 Å². The van der Waals surface area contributed by atoms with Gasteiger partial charge in [0.05, 0.1) is 11.0 Å². The van der Waals surface area contributed by atoms with Gasteiger partial charge in [0, 0.05) is 35.2 Å². The van der Waals surface area contributed by atoms with E-state index in [1.807, 2.05) is 20.0 Å². The lowest BCUT2D eigenvalue weighted by molar-refractivity contribution is -0.465. The van der Waals surface area contributed by atoms with Gasteiger partial charge in [0.2, 0.25) is 0 Å². The van der Waals surface area contributed by atoms with Gasteiger partial charge in [-0.3, -0.25) is 0 Å². The third kappa shape index (κ3) is 1.88. The Morgan fingerprint density at radius 2 is 1.88 bits per heavy atom. The first kappa shape index (κ1) is 14.8. The number of pyridine rings is 1. The molecular weight excluding hydrogens is 296 g/mol. The Morgan fingerprint density at radius 1 is 1.04 bits per heavy atom. The quantitative estimate of drug-likeness (QED) is 0.385. The van der Waals surface area contributed by atoms with E-state index in [9.17, 15) is 0 Å². The molecule has 2 aromatic carbocycles. The molecule has 2 aromatic heterocycles. The molecule has 24 heavy (non-hydrogen) atoms. The zero-order valence-corrected chi connectivity index (χ0v) is 14.5. The third-order valence-corrected chi connectivity index (χ3v) is 4.83. The smallest absolute Gasteiger partial charge is 0.200 e. The molecule has 0 saturated heterocycles. The highest BCUT2D eigenvalue weighted by atomic mass is 16.3. The highest BCUT2D eigenvalue weighted by Gasteiger charge is 2.13. The molecule has 4 rings (SSSR count). The average molecular weight is 317 g/mol. The van der Waals surface area contributed by atoms with Crippen molar-refractivity contribution >= 4 is 44.9 Å². The summed E-state index contributed by atoms with van der Waals surface area (Å²) in [4.78, 5) is 3.24. The molecule has 3 nitrogen and oxygen atoms in total. The molecular formula is C21H21N2O+. The van der Waals surface area contributed by atoms with Crippen LogP contribution in [0.5, 0.6) is 0 Å². The van der Waals surface area contributed by atoms with Gasteiger partial charge >= 0.3 is 0 Å². The predicted molar refractivity (Wildman–Crippen MR) is 99.7 cm³/mol. The Labute approximate surface area is 139 Å². The van der Waals surface area contributed by atoms with Crippen LogP contribution in [-0.2, 0) is 7.05 Å². The molecule has 4 aromatic rings. The summed E-state index contributed by atoms with van der Waals surface area (Å²) in [5.41, 5.74) is 4.26. The van der Waals surface area contributed by atoms with Crippen LogP contribution in [0.25, 0.3) is 44.9 Å². The van der Waals surface area contributed by atoms with Crippen molar-refractivity contribution < 1.29 is 9.41 Å². The molecule has 3 heteroatoms. The van der Waals surface area contributed by atoms with Crippen molar-refractivity contribution in [3.05, 3.63) is 52.4 Å². The van der Waals surface area contributed by atoms with Crippen LogP contribution in [0.3, 0.4) is 0 Å². The molecule has 0 fully saturated rings. The highest BCUT2D eigenvalue weighted by molar-refractivity contribution is 6.17. The van der Waals surface area contributed by atoms with Crippen LogP contribution < -0.4 is 21.0 Å². The Bertz CT molecular complexity index is 1290. The second kappa shape index (κ2) is 5.38. The van der Waals surface area contributed by atoms with Gasteiger partial charge in [0.25, 0.3) is 0 Å². The van der Waals surface area contributed by atoms with Crippen molar-refractivity contribution in [2.24, 2.45) is 7.05 Å². The summed E-state index contributed by atoms with van der Waals surface area (Å²) in [6.07, 6.45) is 4.17. The van der Waals surface area contributed by atoms with Gasteiger partial charge in [-0.05, 0) is 37.4 Å². The molecule has 1 N–H and O–H groups in total. The van der Waals surface area contributed by atoms with Gasteiger partial charge in [-0.15, -0.1) is 0 Å². The number of hydrogen-bond acceptors (Lipinski definition) is 1. The molecule has 0 aliphatic heterocycles. The maximum Gasteiger partial charge on any atom is 0.200 e. The van der Waals surface area contributed by atoms with E-state index in [1.54, 1.807) is 0 Å². The van der Waals surface area contributed by atoms with Crippen molar-refractivity contribution in [3.63, 3.8) is 0 Å². The second-order valence-electron chi connectivity index (χ2n) is 6.03. The highest BCUT2D eigenvalue weighted by Crippen LogP contribution is 2.30. The van der Waals surface area contributed by atoms with E-state index in [-0.39, 0.29) is 0 Å². The van der Waals surface area contributed by atoms with Crippen molar-refractivity contribution in [1.82, 2.24) is 4.57 Å². The number of nitrogens with zero attached hydrogens (tertiary/aromatic N) is 1. The molecule has 0 aliphatic rings. The first-order chi connectivity index (χ1) is 11.7. The number of benzene rings is 2. The summed E-state index contributed by atoms with van der Waals surface area (Å²) in [7, 11) is 4.09. The van der Waals surface area contributed by atoms with Crippen molar-refractivity contribution in [2.45, 2.75) is 13.8 Å². The van der Waals surface area contributed by atoms with E-state index in [2.05, 4.69) is 66.0 Å². The predicted octanol–water partition coefficient (Wildman–Crippen LogP) is 1.29. The minimum absolute atomic E-state index is 0.914. The van der Waals surface area contributed by atoms with Crippen LogP contribution in [-0.4, -0.2) is 11.6 Å². The normalized spacial score (nSPS) is 14.6. The fraction of sp³-hybridized carbons (Fsp3) is 0.190. The molecule has 0 saturated carbocycles. The summed E-state index contributed by atoms with van der Waals surface area (Å²) < 4.78 is 8.45. The number of fused-ring (bicyclic) bond motifs is 2. The Kier molecular flexibility index (Phi) is 3.31. The number of hydrogen-bond donors (Lipinski definition) is 1. The average Bonchev–Trinajstić information content (AvgIpc) is 2.64. The second-order valence-corrected chi connectivity index (χ2v) is 6.03. The fourth-order valence-corrected chi connectivity index (χ4v) is 3.66. The summed E-state index contributed by atoms with van der Waals surface area (Å²) >= 11 is 0. The van der Waals surface area contributed by atoms with Gasteiger partial charge < -0.3 is 8.98 Å². The molecule has 0 radical (unpaired) electrons. The summed E-state index contributed by atoms with van der Waals surface area (Å²) in [6, 6.07) is 12.8. The molecule has 0 aliphatic carbocycles. The number of aryl methyl sites for hydroxylation is 1. The van der Waals surface area contributed by atoms with Crippen LogP contribution in [0, 0.1) is 0 Å². The lowest BCUT2D eigenvalue weighted by Crippen LogP contribution is -2.71. The standard InChI is InChI=1S/C21H20N2O/c1-5-14-18(6-2)24-19-9-7-8-16-15-11-10-13(22-3)12-17(15)23(4)21(14)20(16)19/h5-12H,1-4H3/p+1. The number of rotatable bonds is 0. The van der Waals surface area contributed by atoms with E-state index in [1.165, 1.54) is 27.2 Å². The van der Waals surface area contributed by atoms with E-state index in [4.69, 9.17) is 4.42 Å². The maximum atomic E-state index is 6.17. The molecule has 0 spiro atoms. The molecule has 0 amide bonds. The Hall–Kier alpha value is -2.81.